The van der Waals surface area contributed by atoms with E-state index in [-0.39, 0.29) is 6.04 Å². The van der Waals surface area contributed by atoms with Gasteiger partial charge in [-0.1, -0.05) is 62.2 Å². The Bertz CT molecular complexity index is 562. The first-order valence-corrected chi connectivity index (χ1v) is 8.00. The molecule has 1 aliphatic carbocycles. The third-order valence-corrected chi connectivity index (χ3v) is 4.71. The summed E-state index contributed by atoms with van der Waals surface area (Å²) in [6.07, 6.45) is 1.19. The minimum absolute atomic E-state index is 0.110. The average Bonchev–Trinajstić information content (AvgIpc) is 3.18. The molecule has 1 fully saturated rings. The summed E-state index contributed by atoms with van der Waals surface area (Å²) in [4.78, 5) is 0. The molecular formula is C16H15Br2N. The van der Waals surface area contributed by atoms with Gasteiger partial charge in [-0.25, -0.2) is 0 Å². The van der Waals surface area contributed by atoms with Crippen molar-refractivity contribution in [3.8, 4) is 0 Å². The van der Waals surface area contributed by atoms with Crippen LogP contribution in [0.1, 0.15) is 29.5 Å². The number of benzene rings is 2. The minimum Gasteiger partial charge on any atom is -0.324 e. The van der Waals surface area contributed by atoms with Crippen LogP contribution in [0, 0.1) is 5.92 Å². The van der Waals surface area contributed by atoms with Crippen molar-refractivity contribution < 1.29 is 0 Å². The molecule has 2 aromatic rings. The lowest BCUT2D eigenvalue weighted by atomic mass is 10.00. The van der Waals surface area contributed by atoms with Gasteiger partial charge in [-0.2, -0.15) is 0 Å². The van der Waals surface area contributed by atoms with Crippen molar-refractivity contribution in [3.05, 3.63) is 68.6 Å². The number of hydrogen-bond acceptors (Lipinski definition) is 1. The average molecular weight is 381 g/mol. The highest BCUT2D eigenvalue weighted by atomic mass is 79.9. The molecule has 0 spiro atoms. The van der Waals surface area contributed by atoms with Crippen LogP contribution in [0.3, 0.4) is 0 Å². The molecule has 2 N–H and O–H groups in total. The summed E-state index contributed by atoms with van der Waals surface area (Å²) in [6.45, 7) is 0. The number of nitrogens with two attached hydrogens (primary N) is 1. The van der Waals surface area contributed by atoms with Crippen LogP contribution in [-0.4, -0.2) is 0 Å². The van der Waals surface area contributed by atoms with E-state index in [0.717, 1.165) is 8.95 Å². The lowest BCUT2D eigenvalue weighted by molar-refractivity contribution is 0.615. The normalized spacial score (nSPS) is 23.1. The van der Waals surface area contributed by atoms with Crippen LogP contribution < -0.4 is 5.73 Å². The van der Waals surface area contributed by atoms with Gasteiger partial charge in [0.15, 0.2) is 0 Å². The fourth-order valence-electron chi connectivity index (χ4n) is 2.71. The molecule has 1 aliphatic rings. The molecule has 3 rings (SSSR count). The summed E-state index contributed by atoms with van der Waals surface area (Å²) in [5.41, 5.74) is 9.04. The standard InChI is InChI=1S/C16H15Br2N/c17-12-6-11(7-13(18)8-12)16(19)15-9-14(15)10-4-2-1-3-5-10/h1-8,14-16H,9,19H2. The van der Waals surface area contributed by atoms with Gasteiger partial charge in [0.05, 0.1) is 0 Å². The molecule has 2 aromatic carbocycles. The van der Waals surface area contributed by atoms with Gasteiger partial charge in [-0.3, -0.25) is 0 Å². The van der Waals surface area contributed by atoms with E-state index in [0.29, 0.717) is 11.8 Å². The Kier molecular flexibility index (Phi) is 3.79. The number of hydrogen-bond donors (Lipinski definition) is 1. The van der Waals surface area contributed by atoms with Crippen molar-refractivity contribution in [1.82, 2.24) is 0 Å². The summed E-state index contributed by atoms with van der Waals surface area (Å²) in [7, 11) is 0. The third kappa shape index (κ3) is 2.93. The van der Waals surface area contributed by atoms with Crippen molar-refractivity contribution in [2.24, 2.45) is 11.7 Å². The van der Waals surface area contributed by atoms with E-state index in [4.69, 9.17) is 5.73 Å². The third-order valence-electron chi connectivity index (χ3n) is 3.80. The highest BCUT2D eigenvalue weighted by molar-refractivity contribution is 9.11. The molecule has 0 amide bonds. The van der Waals surface area contributed by atoms with Gasteiger partial charge in [-0.15, -0.1) is 0 Å². The van der Waals surface area contributed by atoms with E-state index < -0.39 is 0 Å². The smallest absolute Gasteiger partial charge is 0.0330 e. The van der Waals surface area contributed by atoms with Crippen molar-refractivity contribution in [2.45, 2.75) is 18.4 Å². The van der Waals surface area contributed by atoms with Gasteiger partial charge < -0.3 is 5.73 Å². The van der Waals surface area contributed by atoms with Crippen LogP contribution >= 0.6 is 31.9 Å². The Balaban J connectivity index is 1.78. The summed E-state index contributed by atoms with van der Waals surface area (Å²) >= 11 is 7.05. The highest BCUT2D eigenvalue weighted by Crippen LogP contribution is 2.53. The predicted octanol–water partition coefficient (Wildman–Crippen LogP) is 5.02. The molecule has 0 aliphatic heterocycles. The van der Waals surface area contributed by atoms with E-state index in [1.54, 1.807) is 0 Å². The van der Waals surface area contributed by atoms with Crippen LogP contribution in [0.25, 0.3) is 0 Å². The van der Waals surface area contributed by atoms with Gasteiger partial charge in [0.25, 0.3) is 0 Å². The second-order valence-electron chi connectivity index (χ2n) is 5.15. The lowest BCUT2D eigenvalue weighted by Crippen LogP contribution is -2.13. The van der Waals surface area contributed by atoms with Crippen LogP contribution in [0.5, 0.6) is 0 Å². The molecule has 19 heavy (non-hydrogen) atoms. The quantitative estimate of drug-likeness (QED) is 0.795. The van der Waals surface area contributed by atoms with Crippen molar-refractivity contribution >= 4 is 31.9 Å². The monoisotopic (exact) mass is 379 g/mol. The SMILES string of the molecule is NC(c1cc(Br)cc(Br)c1)C1CC1c1ccccc1. The van der Waals surface area contributed by atoms with Crippen molar-refractivity contribution in [1.29, 1.82) is 0 Å². The zero-order chi connectivity index (χ0) is 13.4. The van der Waals surface area contributed by atoms with Gasteiger partial charge in [0.2, 0.25) is 0 Å². The Morgan fingerprint density at radius 1 is 1.00 bits per heavy atom. The zero-order valence-corrected chi connectivity index (χ0v) is 13.6. The first-order chi connectivity index (χ1) is 9.15. The summed E-state index contributed by atoms with van der Waals surface area (Å²) in [5, 5.41) is 0. The summed E-state index contributed by atoms with van der Waals surface area (Å²) in [6, 6.07) is 17.1. The first kappa shape index (κ1) is 13.3. The Morgan fingerprint density at radius 2 is 1.63 bits per heavy atom. The molecule has 0 saturated heterocycles. The summed E-state index contributed by atoms with van der Waals surface area (Å²) in [5.74, 6) is 1.18. The molecule has 3 heteroatoms. The molecular weight excluding hydrogens is 366 g/mol. The van der Waals surface area contributed by atoms with Gasteiger partial charge in [0, 0.05) is 15.0 Å². The maximum Gasteiger partial charge on any atom is 0.0330 e. The maximum absolute atomic E-state index is 6.42. The maximum atomic E-state index is 6.42. The zero-order valence-electron chi connectivity index (χ0n) is 10.4. The first-order valence-electron chi connectivity index (χ1n) is 6.41. The largest absolute Gasteiger partial charge is 0.324 e. The fourth-order valence-corrected chi connectivity index (χ4v) is 4.04. The lowest BCUT2D eigenvalue weighted by Gasteiger charge is -2.13. The topological polar surface area (TPSA) is 26.0 Å². The van der Waals surface area contributed by atoms with Crippen molar-refractivity contribution in [2.75, 3.05) is 0 Å². The molecule has 0 bridgehead atoms. The second-order valence-corrected chi connectivity index (χ2v) is 6.98. The van der Waals surface area contributed by atoms with E-state index in [1.165, 1.54) is 17.5 Å². The van der Waals surface area contributed by atoms with Gasteiger partial charge in [-0.05, 0) is 47.6 Å². The molecule has 3 unspecified atom stereocenters. The molecule has 1 saturated carbocycles. The molecule has 0 aromatic heterocycles. The summed E-state index contributed by atoms with van der Waals surface area (Å²) < 4.78 is 2.15. The van der Waals surface area contributed by atoms with Gasteiger partial charge >= 0.3 is 0 Å². The second kappa shape index (κ2) is 5.39. The van der Waals surface area contributed by atoms with Crippen LogP contribution in [0.2, 0.25) is 0 Å². The van der Waals surface area contributed by atoms with Crippen LogP contribution in [-0.2, 0) is 0 Å². The van der Waals surface area contributed by atoms with E-state index in [1.807, 2.05) is 6.07 Å². The van der Waals surface area contributed by atoms with Crippen LogP contribution in [0.15, 0.2) is 57.5 Å². The van der Waals surface area contributed by atoms with E-state index >= 15 is 0 Å². The highest BCUT2D eigenvalue weighted by Gasteiger charge is 2.42. The van der Waals surface area contributed by atoms with Crippen molar-refractivity contribution in [3.63, 3.8) is 0 Å². The van der Waals surface area contributed by atoms with Gasteiger partial charge in [0.1, 0.15) is 0 Å². The molecule has 98 valence electrons. The fraction of sp³-hybridized carbons (Fsp3) is 0.250. The Hall–Kier alpha value is -0.640. The molecule has 0 radical (unpaired) electrons. The van der Waals surface area contributed by atoms with E-state index in [2.05, 4.69) is 74.3 Å². The number of halogens is 2. The Labute approximate surface area is 130 Å². The Morgan fingerprint density at radius 3 is 2.26 bits per heavy atom. The molecule has 3 atom stereocenters. The predicted molar refractivity (Wildman–Crippen MR) is 86.1 cm³/mol. The molecule has 0 heterocycles. The molecule has 1 nitrogen and oxygen atoms in total. The number of rotatable bonds is 3. The minimum atomic E-state index is 0.110. The van der Waals surface area contributed by atoms with E-state index in [9.17, 15) is 0 Å². The van der Waals surface area contributed by atoms with Crippen LogP contribution in [0.4, 0.5) is 0 Å².